The van der Waals surface area contributed by atoms with Gasteiger partial charge in [0.25, 0.3) is 0 Å². The smallest absolute Gasteiger partial charge is 0.244 e. The van der Waals surface area contributed by atoms with Crippen LogP contribution in [-0.2, 0) is 17.9 Å². The minimum absolute atomic E-state index is 0.00420. The van der Waals surface area contributed by atoms with Gasteiger partial charge in [0.15, 0.2) is 0 Å². The van der Waals surface area contributed by atoms with Crippen LogP contribution in [0.3, 0.4) is 0 Å². The molecule has 0 aliphatic rings. The Morgan fingerprint density at radius 2 is 2.09 bits per heavy atom. The van der Waals surface area contributed by atoms with Crippen LogP contribution in [0.4, 0.5) is 0 Å². The molecule has 0 fully saturated rings. The van der Waals surface area contributed by atoms with Gasteiger partial charge in [0.1, 0.15) is 12.3 Å². The highest BCUT2D eigenvalue weighted by molar-refractivity contribution is 9.10. The van der Waals surface area contributed by atoms with Crippen molar-refractivity contribution in [2.45, 2.75) is 13.1 Å². The molecule has 0 aliphatic heterocycles. The molecule has 0 bridgehead atoms. The minimum atomic E-state index is -0.212. The van der Waals surface area contributed by atoms with Crippen LogP contribution in [-0.4, -0.2) is 26.1 Å². The van der Waals surface area contributed by atoms with Gasteiger partial charge in [0, 0.05) is 10.0 Å². The molecular formula is C14H12BrN5O2. The topological polar surface area (TPSA) is 85.8 Å². The molecule has 2 heterocycles. The lowest BCUT2D eigenvalue weighted by Crippen LogP contribution is -2.27. The summed E-state index contributed by atoms with van der Waals surface area (Å²) in [6, 6.07) is 11.1. The average Bonchev–Trinajstić information content (AvgIpc) is 3.17. The molecule has 2 aromatic heterocycles. The summed E-state index contributed by atoms with van der Waals surface area (Å²) in [5.41, 5.74) is 0.838. The summed E-state index contributed by atoms with van der Waals surface area (Å²) in [5, 5.41) is 14.7. The number of nitrogens with zero attached hydrogens (tertiary/aromatic N) is 4. The number of benzene rings is 1. The van der Waals surface area contributed by atoms with Crippen molar-refractivity contribution in [1.29, 1.82) is 0 Å². The summed E-state index contributed by atoms with van der Waals surface area (Å²) >= 11 is 3.37. The maximum absolute atomic E-state index is 11.8. The second-order valence-corrected chi connectivity index (χ2v) is 5.42. The average molecular weight is 362 g/mol. The second-order valence-electron chi connectivity index (χ2n) is 4.51. The van der Waals surface area contributed by atoms with Crippen LogP contribution in [0.2, 0.25) is 0 Å². The van der Waals surface area contributed by atoms with Gasteiger partial charge in [0.2, 0.25) is 11.7 Å². The first kappa shape index (κ1) is 14.5. The van der Waals surface area contributed by atoms with E-state index >= 15 is 0 Å². The number of furan rings is 1. The summed E-state index contributed by atoms with van der Waals surface area (Å²) in [7, 11) is 0. The lowest BCUT2D eigenvalue weighted by Gasteiger charge is -2.01. The fourth-order valence-electron chi connectivity index (χ4n) is 1.81. The molecule has 3 aromatic rings. The Hall–Kier alpha value is -2.48. The van der Waals surface area contributed by atoms with Crippen molar-refractivity contribution >= 4 is 21.8 Å². The molecule has 0 saturated heterocycles. The van der Waals surface area contributed by atoms with Crippen molar-refractivity contribution in [2.24, 2.45) is 0 Å². The molecule has 112 valence electrons. The molecule has 1 aromatic carbocycles. The van der Waals surface area contributed by atoms with Crippen molar-refractivity contribution in [2.75, 3.05) is 0 Å². The monoisotopic (exact) mass is 361 g/mol. The van der Waals surface area contributed by atoms with Crippen LogP contribution in [0.15, 0.2) is 51.6 Å². The Morgan fingerprint density at radius 3 is 2.82 bits per heavy atom. The Kier molecular flexibility index (Phi) is 4.29. The summed E-state index contributed by atoms with van der Waals surface area (Å²) in [6.45, 7) is 0.338. The van der Waals surface area contributed by atoms with E-state index < -0.39 is 0 Å². The van der Waals surface area contributed by atoms with E-state index in [1.165, 1.54) is 4.80 Å². The van der Waals surface area contributed by atoms with E-state index in [2.05, 4.69) is 36.7 Å². The van der Waals surface area contributed by atoms with Crippen LogP contribution in [0, 0.1) is 0 Å². The number of carbonyl (C=O) groups is 1. The summed E-state index contributed by atoms with van der Waals surface area (Å²) in [5.74, 6) is 0.956. The lowest BCUT2D eigenvalue weighted by atomic mass is 10.2. The maximum atomic E-state index is 11.8. The summed E-state index contributed by atoms with van der Waals surface area (Å²) in [6.07, 6.45) is 1.56. The first-order valence-electron chi connectivity index (χ1n) is 6.53. The second kappa shape index (κ2) is 6.52. The molecule has 3 rings (SSSR count). The Bertz CT molecular complexity index is 752. The number of hydrogen-bond acceptors (Lipinski definition) is 5. The van der Waals surface area contributed by atoms with E-state index in [1.54, 1.807) is 18.4 Å². The Labute approximate surface area is 134 Å². The van der Waals surface area contributed by atoms with Crippen molar-refractivity contribution in [3.05, 3.63) is 52.9 Å². The van der Waals surface area contributed by atoms with E-state index in [-0.39, 0.29) is 12.5 Å². The highest BCUT2D eigenvalue weighted by Crippen LogP contribution is 2.17. The molecule has 22 heavy (non-hydrogen) atoms. The van der Waals surface area contributed by atoms with Crippen LogP contribution in [0.1, 0.15) is 5.76 Å². The molecule has 8 heteroatoms. The predicted molar refractivity (Wildman–Crippen MR) is 81.5 cm³/mol. The van der Waals surface area contributed by atoms with Gasteiger partial charge in [-0.05, 0) is 41.6 Å². The van der Waals surface area contributed by atoms with E-state index in [4.69, 9.17) is 4.42 Å². The number of tetrazole rings is 1. The molecule has 1 amide bonds. The van der Waals surface area contributed by atoms with Crippen LogP contribution in [0.25, 0.3) is 11.4 Å². The predicted octanol–water partition coefficient (Wildman–Crippen LogP) is 2.01. The quantitative estimate of drug-likeness (QED) is 0.751. The highest BCUT2D eigenvalue weighted by atomic mass is 79.9. The molecular weight excluding hydrogens is 350 g/mol. The van der Waals surface area contributed by atoms with E-state index in [0.717, 1.165) is 10.0 Å². The third kappa shape index (κ3) is 3.59. The van der Waals surface area contributed by atoms with Crippen molar-refractivity contribution in [3.63, 3.8) is 0 Å². The Balaban J connectivity index is 1.59. The molecule has 0 unspecified atom stereocenters. The van der Waals surface area contributed by atoms with Crippen molar-refractivity contribution in [3.8, 4) is 11.4 Å². The zero-order chi connectivity index (χ0) is 15.4. The van der Waals surface area contributed by atoms with Gasteiger partial charge in [-0.1, -0.05) is 15.9 Å². The fourth-order valence-corrected chi connectivity index (χ4v) is 2.07. The van der Waals surface area contributed by atoms with Gasteiger partial charge in [0.05, 0.1) is 12.8 Å². The number of nitrogens with one attached hydrogen (secondary N) is 1. The minimum Gasteiger partial charge on any atom is -0.467 e. The number of amides is 1. The number of aromatic nitrogens is 4. The van der Waals surface area contributed by atoms with Gasteiger partial charge in [-0.15, -0.1) is 10.2 Å². The van der Waals surface area contributed by atoms with Gasteiger partial charge in [-0.25, -0.2) is 0 Å². The van der Waals surface area contributed by atoms with Crippen molar-refractivity contribution < 1.29 is 9.21 Å². The largest absolute Gasteiger partial charge is 0.467 e. The number of carbonyl (C=O) groups excluding carboxylic acids is 1. The molecule has 0 saturated carbocycles. The van der Waals surface area contributed by atoms with E-state index in [0.29, 0.717) is 18.1 Å². The maximum Gasteiger partial charge on any atom is 0.244 e. The lowest BCUT2D eigenvalue weighted by molar-refractivity contribution is -0.122. The number of halogens is 1. The normalized spacial score (nSPS) is 10.6. The van der Waals surface area contributed by atoms with Crippen LogP contribution in [0.5, 0.6) is 0 Å². The molecule has 0 atom stereocenters. The summed E-state index contributed by atoms with van der Waals surface area (Å²) < 4.78 is 6.11. The van der Waals surface area contributed by atoms with Gasteiger partial charge in [-0.3, -0.25) is 4.79 Å². The third-order valence-electron chi connectivity index (χ3n) is 2.88. The first-order chi connectivity index (χ1) is 10.7. The van der Waals surface area contributed by atoms with E-state index in [9.17, 15) is 4.79 Å². The zero-order valence-corrected chi connectivity index (χ0v) is 13.0. The number of hydrogen-bond donors (Lipinski definition) is 1. The Morgan fingerprint density at radius 1 is 1.27 bits per heavy atom. The SMILES string of the molecule is O=C(Cn1nnc(-c2ccc(Br)cc2)n1)NCc1ccco1. The fraction of sp³-hybridized carbons (Fsp3) is 0.143. The molecule has 0 aliphatic carbocycles. The van der Waals surface area contributed by atoms with Gasteiger partial charge >= 0.3 is 0 Å². The molecule has 0 radical (unpaired) electrons. The third-order valence-corrected chi connectivity index (χ3v) is 3.41. The van der Waals surface area contributed by atoms with Crippen molar-refractivity contribution in [1.82, 2.24) is 25.5 Å². The standard InChI is InChI=1S/C14H12BrN5O2/c15-11-5-3-10(4-6-11)14-17-19-20(18-14)9-13(21)16-8-12-2-1-7-22-12/h1-7H,8-9H2,(H,16,21). The van der Waals surface area contributed by atoms with Crippen LogP contribution >= 0.6 is 15.9 Å². The molecule has 0 spiro atoms. The number of rotatable bonds is 5. The van der Waals surface area contributed by atoms with Crippen LogP contribution < -0.4 is 5.32 Å². The first-order valence-corrected chi connectivity index (χ1v) is 7.33. The van der Waals surface area contributed by atoms with Gasteiger partial charge in [-0.2, -0.15) is 4.80 Å². The highest BCUT2D eigenvalue weighted by Gasteiger charge is 2.09. The molecule has 1 N–H and O–H groups in total. The molecule has 7 nitrogen and oxygen atoms in total. The summed E-state index contributed by atoms with van der Waals surface area (Å²) in [4.78, 5) is 13.1. The van der Waals surface area contributed by atoms with E-state index in [1.807, 2.05) is 24.3 Å². The van der Waals surface area contributed by atoms with Gasteiger partial charge < -0.3 is 9.73 Å². The zero-order valence-electron chi connectivity index (χ0n) is 11.4.